The molecule has 1 aliphatic heterocycles. The summed E-state index contributed by atoms with van der Waals surface area (Å²) in [5, 5.41) is 12.2. The molecule has 2 heterocycles. The maximum Gasteiger partial charge on any atom is 0.307 e. The van der Waals surface area contributed by atoms with Crippen LogP contribution >= 0.6 is 0 Å². The number of hydrogen-bond donors (Lipinski definition) is 1. The lowest BCUT2D eigenvalue weighted by Crippen LogP contribution is -2.38. The topological polar surface area (TPSA) is 62.7 Å². The number of benzene rings is 3. The fourth-order valence-electron chi connectivity index (χ4n) is 5.77. The minimum Gasteiger partial charge on any atom is -0.493 e. The van der Waals surface area contributed by atoms with E-state index < -0.39 is 5.97 Å². The number of rotatable bonds is 8. The molecule has 5 rings (SSSR count). The van der Waals surface area contributed by atoms with Gasteiger partial charge in [-0.3, -0.25) is 9.78 Å². The van der Waals surface area contributed by atoms with E-state index in [0.29, 0.717) is 12.0 Å². The predicted molar refractivity (Wildman–Crippen MR) is 159 cm³/mol. The van der Waals surface area contributed by atoms with Crippen molar-refractivity contribution in [1.29, 1.82) is 0 Å². The standard InChI is InChI=1S/C34H38N2O3/c1-23-30(22-31(37)38)33(36-19-17-34(3,4)18-20-36)32(24(2)35-23)27-12-14-28(15-13-27)39-21-16-26-10-7-9-25-8-5-6-11-29(25)26/h5-15H,16-22H2,1-4H3,(H,37,38). The van der Waals surface area contributed by atoms with Crippen LogP contribution in [0.15, 0.2) is 66.7 Å². The first kappa shape index (κ1) is 26.7. The van der Waals surface area contributed by atoms with Crippen LogP contribution in [0.25, 0.3) is 21.9 Å². The van der Waals surface area contributed by atoms with Crippen molar-refractivity contribution >= 4 is 22.4 Å². The maximum absolute atomic E-state index is 11.8. The summed E-state index contributed by atoms with van der Waals surface area (Å²) in [7, 11) is 0. The molecule has 202 valence electrons. The Bertz CT molecular complexity index is 1480. The molecule has 5 nitrogen and oxygen atoms in total. The number of piperidine rings is 1. The van der Waals surface area contributed by atoms with Gasteiger partial charge in [-0.15, -0.1) is 0 Å². The first-order chi connectivity index (χ1) is 18.7. The minimum atomic E-state index is -0.830. The van der Waals surface area contributed by atoms with Gasteiger partial charge in [-0.1, -0.05) is 68.4 Å². The predicted octanol–water partition coefficient (Wildman–Crippen LogP) is 7.39. The van der Waals surface area contributed by atoms with E-state index in [4.69, 9.17) is 9.72 Å². The van der Waals surface area contributed by atoms with Gasteiger partial charge in [0.15, 0.2) is 0 Å². The van der Waals surface area contributed by atoms with Gasteiger partial charge >= 0.3 is 5.97 Å². The monoisotopic (exact) mass is 522 g/mol. The molecular formula is C34H38N2O3. The van der Waals surface area contributed by atoms with Gasteiger partial charge in [-0.25, -0.2) is 0 Å². The van der Waals surface area contributed by atoms with E-state index in [-0.39, 0.29) is 6.42 Å². The van der Waals surface area contributed by atoms with Gasteiger partial charge in [-0.05, 0) is 66.1 Å². The zero-order chi connectivity index (χ0) is 27.6. The van der Waals surface area contributed by atoms with Gasteiger partial charge in [0.2, 0.25) is 0 Å². The summed E-state index contributed by atoms with van der Waals surface area (Å²) in [6, 6.07) is 23.0. The zero-order valence-electron chi connectivity index (χ0n) is 23.5. The van der Waals surface area contributed by atoms with E-state index in [1.807, 2.05) is 26.0 Å². The summed E-state index contributed by atoms with van der Waals surface area (Å²) in [5.74, 6) is -0.00743. The van der Waals surface area contributed by atoms with E-state index in [0.717, 1.165) is 71.9 Å². The van der Waals surface area contributed by atoms with Crippen molar-refractivity contribution < 1.29 is 14.6 Å². The number of carboxylic acid groups (broad SMARTS) is 1. The van der Waals surface area contributed by atoms with Crippen molar-refractivity contribution in [1.82, 2.24) is 4.98 Å². The van der Waals surface area contributed by atoms with Crippen LogP contribution in [0.1, 0.15) is 49.2 Å². The van der Waals surface area contributed by atoms with E-state index >= 15 is 0 Å². The molecule has 0 amide bonds. The molecule has 0 aliphatic carbocycles. The Hall–Kier alpha value is -3.86. The molecule has 0 bridgehead atoms. The quantitative estimate of drug-likeness (QED) is 0.261. The summed E-state index contributed by atoms with van der Waals surface area (Å²) in [5.41, 5.74) is 7.21. The average molecular weight is 523 g/mol. The third kappa shape index (κ3) is 5.93. The molecule has 0 spiro atoms. The van der Waals surface area contributed by atoms with Crippen molar-refractivity contribution in [3.8, 4) is 16.9 Å². The van der Waals surface area contributed by atoms with Gasteiger partial charge in [0.1, 0.15) is 5.75 Å². The first-order valence-electron chi connectivity index (χ1n) is 13.9. The second-order valence-corrected chi connectivity index (χ2v) is 11.5. The highest BCUT2D eigenvalue weighted by Gasteiger charge is 2.30. The Labute approximate surface area is 231 Å². The van der Waals surface area contributed by atoms with E-state index in [1.165, 1.54) is 16.3 Å². The number of fused-ring (bicyclic) bond motifs is 1. The van der Waals surface area contributed by atoms with Crippen LogP contribution in [0.4, 0.5) is 5.69 Å². The van der Waals surface area contributed by atoms with Gasteiger partial charge in [0.05, 0.1) is 18.7 Å². The SMILES string of the molecule is Cc1nc(C)c(-c2ccc(OCCc3cccc4ccccc34)cc2)c(N2CCC(C)(C)CC2)c1CC(=O)O. The third-order valence-corrected chi connectivity index (χ3v) is 8.08. The summed E-state index contributed by atoms with van der Waals surface area (Å²) >= 11 is 0. The number of aryl methyl sites for hydroxylation is 2. The van der Waals surface area contributed by atoms with E-state index in [1.54, 1.807) is 0 Å². The molecule has 0 saturated carbocycles. The fourth-order valence-corrected chi connectivity index (χ4v) is 5.77. The number of aliphatic carboxylic acids is 1. The fraction of sp³-hybridized carbons (Fsp3) is 0.353. The highest BCUT2D eigenvalue weighted by molar-refractivity contribution is 5.87. The maximum atomic E-state index is 11.8. The molecule has 0 atom stereocenters. The lowest BCUT2D eigenvalue weighted by atomic mass is 9.82. The lowest BCUT2D eigenvalue weighted by molar-refractivity contribution is -0.136. The largest absolute Gasteiger partial charge is 0.493 e. The van der Waals surface area contributed by atoms with Crippen LogP contribution in [0.3, 0.4) is 0 Å². The number of nitrogens with zero attached hydrogens (tertiary/aromatic N) is 2. The molecule has 5 heteroatoms. The van der Waals surface area contributed by atoms with Gasteiger partial charge in [0, 0.05) is 42.0 Å². The Morgan fingerprint density at radius 1 is 0.949 bits per heavy atom. The summed E-state index contributed by atoms with van der Waals surface area (Å²) in [6.45, 7) is 11.0. The molecular weight excluding hydrogens is 484 g/mol. The van der Waals surface area contributed by atoms with E-state index in [9.17, 15) is 9.90 Å². The molecule has 0 unspecified atom stereocenters. The lowest BCUT2D eigenvalue weighted by Gasteiger charge is -2.40. The molecule has 0 radical (unpaired) electrons. The first-order valence-corrected chi connectivity index (χ1v) is 13.9. The summed E-state index contributed by atoms with van der Waals surface area (Å²) in [4.78, 5) is 19.0. The number of aromatic nitrogens is 1. The number of ether oxygens (including phenoxy) is 1. The molecule has 4 aromatic rings. The van der Waals surface area contributed by atoms with Crippen LogP contribution in [-0.2, 0) is 17.6 Å². The number of carbonyl (C=O) groups is 1. The van der Waals surface area contributed by atoms with Gasteiger partial charge in [0.25, 0.3) is 0 Å². The highest BCUT2D eigenvalue weighted by Crippen LogP contribution is 2.41. The second kappa shape index (κ2) is 11.1. The Morgan fingerprint density at radius 2 is 1.64 bits per heavy atom. The van der Waals surface area contributed by atoms with Crippen molar-refractivity contribution in [2.75, 3.05) is 24.6 Å². The Kier molecular flexibility index (Phi) is 7.60. The van der Waals surface area contributed by atoms with Crippen LogP contribution < -0.4 is 9.64 Å². The van der Waals surface area contributed by atoms with Crippen LogP contribution in [0.2, 0.25) is 0 Å². The molecule has 1 saturated heterocycles. The number of hydrogen-bond acceptors (Lipinski definition) is 4. The smallest absolute Gasteiger partial charge is 0.307 e. The molecule has 1 N–H and O–H groups in total. The minimum absolute atomic E-state index is 0.0310. The third-order valence-electron chi connectivity index (χ3n) is 8.08. The molecule has 1 fully saturated rings. The number of carboxylic acids is 1. The summed E-state index contributed by atoms with van der Waals surface area (Å²) < 4.78 is 6.14. The highest BCUT2D eigenvalue weighted by atomic mass is 16.5. The second-order valence-electron chi connectivity index (χ2n) is 11.5. The van der Waals surface area contributed by atoms with Gasteiger partial charge in [-0.2, -0.15) is 0 Å². The molecule has 1 aromatic heterocycles. The van der Waals surface area contributed by atoms with Crippen molar-refractivity contribution in [3.63, 3.8) is 0 Å². The zero-order valence-corrected chi connectivity index (χ0v) is 23.5. The summed E-state index contributed by atoms with van der Waals surface area (Å²) in [6.07, 6.45) is 2.94. The van der Waals surface area contributed by atoms with Crippen molar-refractivity contribution in [2.45, 2.75) is 53.4 Å². The van der Waals surface area contributed by atoms with Crippen LogP contribution in [0, 0.1) is 19.3 Å². The molecule has 1 aliphatic rings. The van der Waals surface area contributed by atoms with Crippen molar-refractivity contribution in [3.05, 3.63) is 89.2 Å². The molecule has 3 aromatic carbocycles. The normalized spacial score (nSPS) is 14.9. The van der Waals surface area contributed by atoms with Crippen LogP contribution in [-0.4, -0.2) is 35.8 Å². The Morgan fingerprint density at radius 3 is 2.36 bits per heavy atom. The van der Waals surface area contributed by atoms with Crippen LogP contribution in [0.5, 0.6) is 5.75 Å². The average Bonchev–Trinajstić information content (AvgIpc) is 2.91. The van der Waals surface area contributed by atoms with Crippen molar-refractivity contribution in [2.24, 2.45) is 5.41 Å². The number of anilines is 1. The van der Waals surface area contributed by atoms with Gasteiger partial charge < -0.3 is 14.7 Å². The Balaban J connectivity index is 1.40. The number of pyridine rings is 1. The van der Waals surface area contributed by atoms with E-state index in [2.05, 4.69) is 73.3 Å². The molecule has 39 heavy (non-hydrogen) atoms.